The average molecular weight is 719 g/mol. The minimum atomic E-state index is -1.03. The quantitative estimate of drug-likeness (QED) is 0.115. The number of esters is 2. The zero-order valence-corrected chi connectivity index (χ0v) is 30.1. The van der Waals surface area contributed by atoms with Crippen LogP contribution < -0.4 is 0 Å². The molecule has 1 atom stereocenters. The van der Waals surface area contributed by atoms with E-state index < -0.39 is 18.0 Å². The molecule has 5 aromatic rings. The molecular weight excluding hydrogens is 680 g/mol. The average Bonchev–Trinajstić information content (AvgIpc) is 3.21. The first-order valence-corrected chi connectivity index (χ1v) is 18.3. The summed E-state index contributed by atoms with van der Waals surface area (Å²) in [6.45, 7) is 3.82. The third-order valence-corrected chi connectivity index (χ3v) is 10.1. The fraction of sp³-hybridized carbons (Fsp3) is 0.217. The van der Waals surface area contributed by atoms with Crippen LogP contribution in [0.15, 0.2) is 103 Å². The summed E-state index contributed by atoms with van der Waals surface area (Å²) in [5, 5.41) is 0. The highest BCUT2D eigenvalue weighted by Gasteiger charge is 2.33. The Labute approximate surface area is 313 Å². The summed E-state index contributed by atoms with van der Waals surface area (Å²) in [5.41, 5.74) is 4.64. The fourth-order valence-electron chi connectivity index (χ4n) is 7.02. The van der Waals surface area contributed by atoms with E-state index in [1.165, 1.54) is 36.4 Å². The van der Waals surface area contributed by atoms with Crippen molar-refractivity contribution in [2.24, 2.45) is 0 Å². The van der Waals surface area contributed by atoms with Gasteiger partial charge in [0.25, 0.3) is 0 Å². The largest absolute Gasteiger partial charge is 0.458 e. The molecule has 0 fully saturated rings. The van der Waals surface area contributed by atoms with E-state index in [0.29, 0.717) is 27.8 Å². The fourth-order valence-corrected chi connectivity index (χ4v) is 7.02. The van der Waals surface area contributed by atoms with E-state index in [1.54, 1.807) is 54.6 Å². The number of rotatable bonds is 12. The Kier molecular flexibility index (Phi) is 10.3. The van der Waals surface area contributed by atoms with Gasteiger partial charge in [0.05, 0.1) is 11.1 Å². The second-order valence-corrected chi connectivity index (χ2v) is 13.7. The van der Waals surface area contributed by atoms with Gasteiger partial charge < -0.3 is 9.47 Å². The van der Waals surface area contributed by atoms with Crippen LogP contribution in [0.25, 0.3) is 0 Å². The molecule has 54 heavy (non-hydrogen) atoms. The van der Waals surface area contributed by atoms with E-state index in [2.05, 4.69) is 13.8 Å². The summed E-state index contributed by atoms with van der Waals surface area (Å²) in [4.78, 5) is 80.9. The van der Waals surface area contributed by atoms with Crippen LogP contribution in [-0.2, 0) is 22.3 Å². The van der Waals surface area contributed by atoms with Crippen molar-refractivity contribution < 1.29 is 38.2 Å². The number of ether oxygens (including phenoxy) is 2. The Morgan fingerprint density at radius 1 is 0.500 bits per heavy atom. The van der Waals surface area contributed by atoms with Crippen LogP contribution in [0.4, 0.5) is 0 Å². The van der Waals surface area contributed by atoms with E-state index >= 15 is 0 Å². The number of benzene rings is 5. The van der Waals surface area contributed by atoms with E-state index in [0.717, 1.165) is 49.7 Å². The lowest BCUT2D eigenvalue weighted by atomic mass is 9.82. The molecule has 2 aliphatic rings. The number of hydrogen-bond acceptors (Lipinski definition) is 8. The zero-order valence-electron chi connectivity index (χ0n) is 30.1. The maximum Gasteiger partial charge on any atom is 0.338 e. The lowest BCUT2D eigenvalue weighted by Crippen LogP contribution is -2.23. The molecule has 1 unspecified atom stereocenters. The van der Waals surface area contributed by atoms with Crippen molar-refractivity contribution in [3.63, 3.8) is 0 Å². The monoisotopic (exact) mass is 718 g/mol. The van der Waals surface area contributed by atoms with Crippen molar-refractivity contribution >= 4 is 35.1 Å². The first-order chi connectivity index (χ1) is 26.2. The van der Waals surface area contributed by atoms with Crippen LogP contribution in [0.2, 0.25) is 0 Å². The van der Waals surface area contributed by atoms with Gasteiger partial charge in [-0.15, -0.1) is 0 Å². The molecule has 0 amide bonds. The number of aryl methyl sites for hydroxylation is 2. The summed E-state index contributed by atoms with van der Waals surface area (Å²) < 4.78 is 11.5. The predicted octanol–water partition coefficient (Wildman–Crippen LogP) is 8.68. The molecule has 0 N–H and O–H groups in total. The number of unbranched alkanes of at least 4 members (excludes halogenated alkanes) is 2. The molecule has 0 aromatic heterocycles. The van der Waals surface area contributed by atoms with Crippen molar-refractivity contribution in [1.29, 1.82) is 0 Å². The standard InChI is InChI=1S/C46H38O8/c1-3-5-10-27-14-18-32-36(22-27)41(47)34-20-16-30(24-38(34)43(32)49)45(51)53-26-40(29-12-8-7-9-13-29)54-46(52)31-17-21-35-39(25-31)44(50)33-19-15-28(11-6-4-2)23-37(33)42(35)48/h7-9,12-25,40H,3-6,10-11,26H2,1-2H3. The molecule has 0 bridgehead atoms. The molecule has 8 heteroatoms. The molecule has 0 saturated heterocycles. The third-order valence-electron chi connectivity index (χ3n) is 10.1. The zero-order chi connectivity index (χ0) is 37.9. The van der Waals surface area contributed by atoms with Crippen LogP contribution in [0.5, 0.6) is 0 Å². The minimum absolute atomic E-state index is 0.0563. The SMILES string of the molecule is CCCCc1ccc2c(c1)C(=O)c1ccc(C(=O)OCC(OC(=O)c3ccc4c(c3)C(=O)c3ccc(CCCC)cc3C4=O)c3ccccc3)cc1C2=O. The molecule has 7 rings (SSSR count). The summed E-state index contributed by atoms with van der Waals surface area (Å²) in [5.74, 6) is -2.81. The highest BCUT2D eigenvalue weighted by atomic mass is 16.6. The maximum atomic E-state index is 13.6. The highest BCUT2D eigenvalue weighted by molar-refractivity contribution is 6.29. The van der Waals surface area contributed by atoms with Crippen LogP contribution in [0.3, 0.4) is 0 Å². The molecule has 270 valence electrons. The van der Waals surface area contributed by atoms with Gasteiger partial charge in [0, 0.05) is 44.5 Å². The predicted molar refractivity (Wildman–Crippen MR) is 202 cm³/mol. The normalized spacial score (nSPS) is 13.4. The Balaban J connectivity index is 1.08. The highest BCUT2D eigenvalue weighted by Crippen LogP contribution is 2.32. The smallest absolute Gasteiger partial charge is 0.338 e. The van der Waals surface area contributed by atoms with Gasteiger partial charge in [0.15, 0.2) is 29.2 Å². The molecule has 0 saturated carbocycles. The number of hydrogen-bond donors (Lipinski definition) is 0. The second kappa shape index (κ2) is 15.4. The topological polar surface area (TPSA) is 121 Å². The summed E-state index contributed by atoms with van der Waals surface area (Å²) in [6, 6.07) is 27.9. The number of ketones is 4. The third kappa shape index (κ3) is 6.95. The Hall–Kier alpha value is -6.28. The van der Waals surface area contributed by atoms with E-state index in [1.807, 2.05) is 12.1 Å². The van der Waals surface area contributed by atoms with Gasteiger partial charge in [-0.2, -0.15) is 0 Å². The van der Waals surface area contributed by atoms with Gasteiger partial charge in [0.2, 0.25) is 0 Å². The van der Waals surface area contributed by atoms with Crippen molar-refractivity contribution in [1.82, 2.24) is 0 Å². The van der Waals surface area contributed by atoms with Crippen LogP contribution in [0.1, 0.15) is 147 Å². The molecule has 0 heterocycles. The molecule has 0 spiro atoms. The van der Waals surface area contributed by atoms with Gasteiger partial charge >= 0.3 is 11.9 Å². The summed E-state index contributed by atoms with van der Waals surface area (Å²) >= 11 is 0. The van der Waals surface area contributed by atoms with Gasteiger partial charge in [-0.1, -0.05) is 81.3 Å². The Morgan fingerprint density at radius 2 is 0.926 bits per heavy atom. The van der Waals surface area contributed by atoms with Gasteiger partial charge in [-0.3, -0.25) is 19.2 Å². The molecule has 0 radical (unpaired) electrons. The van der Waals surface area contributed by atoms with Crippen LogP contribution in [0, 0.1) is 0 Å². The van der Waals surface area contributed by atoms with Crippen molar-refractivity contribution in [2.75, 3.05) is 6.61 Å². The number of carbonyl (C=O) groups excluding carboxylic acids is 6. The molecule has 0 aliphatic heterocycles. The van der Waals surface area contributed by atoms with Gasteiger partial charge in [-0.25, -0.2) is 9.59 Å². The van der Waals surface area contributed by atoms with Crippen molar-refractivity contribution in [3.8, 4) is 0 Å². The Bertz CT molecular complexity index is 2350. The van der Waals surface area contributed by atoms with Crippen molar-refractivity contribution in [2.45, 2.75) is 58.5 Å². The maximum absolute atomic E-state index is 13.6. The van der Waals surface area contributed by atoms with Gasteiger partial charge in [0.1, 0.15) is 6.61 Å². The molecule has 2 aliphatic carbocycles. The number of fused-ring (bicyclic) bond motifs is 4. The molecule has 8 nitrogen and oxygen atoms in total. The van der Waals surface area contributed by atoms with E-state index in [4.69, 9.17) is 9.47 Å². The minimum Gasteiger partial charge on any atom is -0.458 e. The first-order valence-electron chi connectivity index (χ1n) is 18.3. The first kappa shape index (κ1) is 36.1. The van der Waals surface area contributed by atoms with E-state index in [-0.39, 0.29) is 63.1 Å². The van der Waals surface area contributed by atoms with E-state index in [9.17, 15) is 28.8 Å². The van der Waals surface area contributed by atoms with Crippen LogP contribution in [-0.4, -0.2) is 41.7 Å². The van der Waals surface area contributed by atoms with Crippen molar-refractivity contribution in [3.05, 3.63) is 175 Å². The molecule has 5 aromatic carbocycles. The lowest BCUT2D eigenvalue weighted by Gasteiger charge is -2.21. The Morgan fingerprint density at radius 3 is 1.39 bits per heavy atom. The lowest BCUT2D eigenvalue weighted by molar-refractivity contribution is -0.00134. The van der Waals surface area contributed by atoms with Gasteiger partial charge in [-0.05, 0) is 90.9 Å². The summed E-state index contributed by atoms with van der Waals surface area (Å²) in [6.07, 6.45) is 4.55. The number of carbonyl (C=O) groups is 6. The molecular formula is C46H38O8. The second-order valence-electron chi connectivity index (χ2n) is 13.7. The van der Waals surface area contributed by atoms with Crippen LogP contribution >= 0.6 is 0 Å². The summed E-state index contributed by atoms with van der Waals surface area (Å²) in [7, 11) is 0.